The molecule has 1 aromatic carbocycles. The molecule has 0 radical (unpaired) electrons. The van der Waals surface area contributed by atoms with Crippen molar-refractivity contribution < 1.29 is 9.90 Å². The molecule has 1 aliphatic rings. The van der Waals surface area contributed by atoms with Crippen LogP contribution in [0.15, 0.2) is 24.3 Å². The molecule has 1 amide bonds. The maximum absolute atomic E-state index is 12.0. The quantitative estimate of drug-likeness (QED) is 0.850. The van der Waals surface area contributed by atoms with Gasteiger partial charge in [-0.2, -0.15) is 0 Å². The first-order valence-electron chi connectivity index (χ1n) is 6.69. The highest BCUT2D eigenvalue weighted by Crippen LogP contribution is 2.25. The molecule has 1 aromatic rings. The van der Waals surface area contributed by atoms with Gasteiger partial charge in [0, 0.05) is 12.5 Å². The van der Waals surface area contributed by atoms with Crippen LogP contribution in [0.3, 0.4) is 0 Å². The molecule has 0 aliphatic heterocycles. The molecule has 0 heterocycles. The van der Waals surface area contributed by atoms with E-state index in [4.69, 9.17) is 5.11 Å². The van der Waals surface area contributed by atoms with E-state index in [1.165, 1.54) is 11.1 Å². The summed E-state index contributed by atoms with van der Waals surface area (Å²) in [5, 5.41) is 12.1. The number of benzene rings is 1. The zero-order chi connectivity index (χ0) is 13.0. The normalized spacial score (nSPS) is 20.0. The SMILES string of the molecule is CC(O)CCNC(=O)C1CCc2ccccc2C1. The summed E-state index contributed by atoms with van der Waals surface area (Å²) in [6.45, 7) is 2.30. The highest BCUT2D eigenvalue weighted by atomic mass is 16.3. The monoisotopic (exact) mass is 247 g/mol. The molecule has 0 fully saturated rings. The summed E-state index contributed by atoms with van der Waals surface area (Å²) in [5.41, 5.74) is 2.69. The Labute approximate surface area is 108 Å². The van der Waals surface area contributed by atoms with Crippen molar-refractivity contribution in [2.75, 3.05) is 6.54 Å². The summed E-state index contributed by atoms with van der Waals surface area (Å²) in [4.78, 5) is 12.0. The summed E-state index contributed by atoms with van der Waals surface area (Å²) >= 11 is 0. The zero-order valence-electron chi connectivity index (χ0n) is 10.9. The smallest absolute Gasteiger partial charge is 0.223 e. The predicted octanol–water partition coefficient (Wildman–Crippen LogP) is 1.68. The average molecular weight is 247 g/mol. The molecule has 0 bridgehead atoms. The third kappa shape index (κ3) is 3.33. The third-order valence-corrected chi connectivity index (χ3v) is 3.58. The van der Waals surface area contributed by atoms with Gasteiger partial charge in [-0.15, -0.1) is 0 Å². The van der Waals surface area contributed by atoms with Crippen molar-refractivity contribution in [3.8, 4) is 0 Å². The molecule has 0 saturated heterocycles. The molecule has 18 heavy (non-hydrogen) atoms. The second-order valence-corrected chi connectivity index (χ2v) is 5.14. The molecule has 2 rings (SSSR count). The maximum atomic E-state index is 12.0. The number of carbonyl (C=O) groups excluding carboxylic acids is 1. The van der Waals surface area contributed by atoms with Gasteiger partial charge in [0.05, 0.1) is 6.10 Å². The van der Waals surface area contributed by atoms with E-state index in [2.05, 4.69) is 23.5 Å². The predicted molar refractivity (Wildman–Crippen MR) is 71.3 cm³/mol. The Kier molecular flexibility index (Phi) is 4.37. The molecular weight excluding hydrogens is 226 g/mol. The van der Waals surface area contributed by atoms with Crippen molar-refractivity contribution in [3.05, 3.63) is 35.4 Å². The molecule has 0 spiro atoms. The minimum Gasteiger partial charge on any atom is -0.393 e. The highest BCUT2D eigenvalue weighted by molar-refractivity contribution is 5.79. The maximum Gasteiger partial charge on any atom is 0.223 e. The fourth-order valence-electron chi connectivity index (χ4n) is 2.47. The van der Waals surface area contributed by atoms with Crippen molar-refractivity contribution in [1.29, 1.82) is 0 Å². The molecule has 2 unspecified atom stereocenters. The third-order valence-electron chi connectivity index (χ3n) is 3.58. The van der Waals surface area contributed by atoms with Crippen LogP contribution >= 0.6 is 0 Å². The van der Waals surface area contributed by atoms with Crippen LogP contribution in [0, 0.1) is 5.92 Å². The van der Waals surface area contributed by atoms with Crippen molar-refractivity contribution in [1.82, 2.24) is 5.32 Å². The van der Waals surface area contributed by atoms with Crippen LogP contribution in [0.4, 0.5) is 0 Å². The number of hydrogen-bond donors (Lipinski definition) is 2. The van der Waals surface area contributed by atoms with Gasteiger partial charge in [0.2, 0.25) is 5.91 Å². The molecule has 3 heteroatoms. The number of carbonyl (C=O) groups is 1. The van der Waals surface area contributed by atoms with Gasteiger partial charge in [-0.3, -0.25) is 4.79 Å². The highest BCUT2D eigenvalue weighted by Gasteiger charge is 2.23. The summed E-state index contributed by atoms with van der Waals surface area (Å²) in [6.07, 6.45) is 3.03. The molecule has 2 N–H and O–H groups in total. The summed E-state index contributed by atoms with van der Waals surface area (Å²) in [6, 6.07) is 8.36. The number of aliphatic hydroxyl groups excluding tert-OH is 1. The zero-order valence-corrected chi connectivity index (χ0v) is 10.9. The Bertz CT molecular complexity index is 415. The van der Waals surface area contributed by atoms with Gasteiger partial charge in [0.1, 0.15) is 0 Å². The topological polar surface area (TPSA) is 49.3 Å². The summed E-state index contributed by atoms with van der Waals surface area (Å²) in [5.74, 6) is 0.221. The number of aryl methyl sites for hydroxylation is 1. The van der Waals surface area contributed by atoms with E-state index in [1.54, 1.807) is 6.92 Å². The number of fused-ring (bicyclic) bond motifs is 1. The van der Waals surface area contributed by atoms with Gasteiger partial charge < -0.3 is 10.4 Å². The number of hydrogen-bond acceptors (Lipinski definition) is 2. The van der Waals surface area contributed by atoms with E-state index in [-0.39, 0.29) is 17.9 Å². The fourth-order valence-corrected chi connectivity index (χ4v) is 2.47. The van der Waals surface area contributed by atoms with E-state index in [0.717, 1.165) is 19.3 Å². The van der Waals surface area contributed by atoms with Crippen LogP contribution in [0.1, 0.15) is 30.9 Å². The fraction of sp³-hybridized carbons (Fsp3) is 0.533. The van der Waals surface area contributed by atoms with Gasteiger partial charge in [-0.25, -0.2) is 0 Å². The lowest BCUT2D eigenvalue weighted by molar-refractivity contribution is -0.125. The van der Waals surface area contributed by atoms with Crippen LogP contribution in [-0.2, 0) is 17.6 Å². The lowest BCUT2D eigenvalue weighted by Gasteiger charge is -2.23. The largest absolute Gasteiger partial charge is 0.393 e. The first-order chi connectivity index (χ1) is 8.66. The minimum absolute atomic E-state index is 0.0916. The molecule has 3 nitrogen and oxygen atoms in total. The summed E-state index contributed by atoms with van der Waals surface area (Å²) in [7, 11) is 0. The standard InChI is InChI=1S/C15H21NO2/c1-11(17)8-9-16-15(18)14-7-6-12-4-2-3-5-13(12)10-14/h2-5,11,14,17H,6-10H2,1H3,(H,16,18). The molecule has 2 atom stereocenters. The lowest BCUT2D eigenvalue weighted by Crippen LogP contribution is -2.35. The van der Waals surface area contributed by atoms with Crippen molar-refractivity contribution in [3.63, 3.8) is 0 Å². The molecular formula is C15H21NO2. The van der Waals surface area contributed by atoms with Gasteiger partial charge in [0.15, 0.2) is 0 Å². The Morgan fingerprint density at radius 2 is 2.17 bits per heavy atom. The van der Waals surface area contributed by atoms with Crippen LogP contribution in [0.5, 0.6) is 0 Å². The Morgan fingerprint density at radius 3 is 2.89 bits per heavy atom. The van der Waals surface area contributed by atoms with Crippen molar-refractivity contribution in [2.45, 2.75) is 38.7 Å². The number of rotatable bonds is 4. The van der Waals surface area contributed by atoms with E-state index in [1.807, 2.05) is 6.07 Å². The number of nitrogens with one attached hydrogen (secondary N) is 1. The van der Waals surface area contributed by atoms with Crippen LogP contribution < -0.4 is 5.32 Å². The average Bonchev–Trinajstić information content (AvgIpc) is 2.37. The first kappa shape index (κ1) is 13.1. The second kappa shape index (κ2) is 6.01. The number of aliphatic hydroxyl groups is 1. The van der Waals surface area contributed by atoms with Gasteiger partial charge in [-0.05, 0) is 43.7 Å². The molecule has 98 valence electrons. The van der Waals surface area contributed by atoms with E-state index in [9.17, 15) is 4.79 Å². The summed E-state index contributed by atoms with van der Waals surface area (Å²) < 4.78 is 0. The van der Waals surface area contributed by atoms with E-state index >= 15 is 0 Å². The van der Waals surface area contributed by atoms with E-state index in [0.29, 0.717) is 13.0 Å². The lowest BCUT2D eigenvalue weighted by atomic mass is 9.83. The Morgan fingerprint density at radius 1 is 1.44 bits per heavy atom. The van der Waals surface area contributed by atoms with E-state index < -0.39 is 0 Å². The molecule has 0 saturated carbocycles. The van der Waals surface area contributed by atoms with Crippen molar-refractivity contribution >= 4 is 5.91 Å². The van der Waals surface area contributed by atoms with Crippen LogP contribution in [0.25, 0.3) is 0 Å². The number of amides is 1. The Balaban J connectivity index is 1.87. The Hall–Kier alpha value is -1.35. The molecule has 0 aromatic heterocycles. The first-order valence-corrected chi connectivity index (χ1v) is 6.69. The van der Waals surface area contributed by atoms with Gasteiger partial charge >= 0.3 is 0 Å². The second-order valence-electron chi connectivity index (χ2n) is 5.14. The minimum atomic E-state index is -0.350. The van der Waals surface area contributed by atoms with Gasteiger partial charge in [0.25, 0.3) is 0 Å². The molecule has 1 aliphatic carbocycles. The van der Waals surface area contributed by atoms with Crippen LogP contribution in [-0.4, -0.2) is 23.7 Å². The van der Waals surface area contributed by atoms with Crippen LogP contribution in [0.2, 0.25) is 0 Å². The van der Waals surface area contributed by atoms with Gasteiger partial charge in [-0.1, -0.05) is 24.3 Å². The van der Waals surface area contributed by atoms with Crippen molar-refractivity contribution in [2.24, 2.45) is 5.92 Å².